The van der Waals surface area contributed by atoms with E-state index in [0.717, 1.165) is 16.5 Å². The van der Waals surface area contributed by atoms with E-state index in [1.54, 1.807) is 62.4 Å². The highest BCUT2D eigenvalue weighted by Crippen LogP contribution is 2.29. The molecule has 3 N–H and O–H groups in total. The molecule has 8 heteroatoms. The first-order valence-corrected chi connectivity index (χ1v) is 12.0. The first-order valence-electron chi connectivity index (χ1n) is 12.0. The molecule has 0 aliphatic carbocycles. The number of nitrogens with one attached hydrogen (secondary N) is 2. The number of carbonyl (C=O) groups is 3. The zero-order valence-electron chi connectivity index (χ0n) is 20.8. The monoisotopic (exact) mass is 500 g/mol. The van der Waals surface area contributed by atoms with Gasteiger partial charge in [-0.15, -0.1) is 0 Å². The van der Waals surface area contributed by atoms with Crippen LogP contribution in [0.4, 0.5) is 5.69 Å². The Hall–Kier alpha value is -4.59. The van der Waals surface area contributed by atoms with Gasteiger partial charge in [0.05, 0.1) is 6.61 Å². The number of anilines is 1. The van der Waals surface area contributed by atoms with Crippen molar-refractivity contribution in [3.05, 3.63) is 84.1 Å². The molecule has 2 amide bonds. The number of fused-ring (bicyclic) bond motifs is 1. The van der Waals surface area contributed by atoms with Gasteiger partial charge in [0, 0.05) is 16.6 Å². The summed E-state index contributed by atoms with van der Waals surface area (Å²) in [5.74, 6) is -1.34. The summed E-state index contributed by atoms with van der Waals surface area (Å²) in [4.78, 5) is 36.6. The SMILES string of the molecule is CCOc1cccc2cc(C(=O)Nc3ccc(-c4ccc(C(=O)N[C@H](C(=O)O)C(C)C)cc4)cc3)oc12. The van der Waals surface area contributed by atoms with Crippen LogP contribution in [0.25, 0.3) is 22.1 Å². The van der Waals surface area contributed by atoms with Gasteiger partial charge in [0.1, 0.15) is 6.04 Å². The molecule has 0 fully saturated rings. The fraction of sp³-hybridized carbons (Fsp3) is 0.207. The molecule has 1 heterocycles. The molecule has 0 unspecified atom stereocenters. The quantitative estimate of drug-likeness (QED) is 0.276. The van der Waals surface area contributed by atoms with Crippen LogP contribution >= 0.6 is 0 Å². The summed E-state index contributed by atoms with van der Waals surface area (Å²) >= 11 is 0. The number of amides is 2. The van der Waals surface area contributed by atoms with E-state index in [0.29, 0.717) is 29.2 Å². The third-order valence-corrected chi connectivity index (χ3v) is 5.87. The average Bonchev–Trinajstić information content (AvgIpc) is 3.33. The van der Waals surface area contributed by atoms with Crippen molar-refractivity contribution in [2.75, 3.05) is 11.9 Å². The van der Waals surface area contributed by atoms with Crippen LogP contribution in [0.3, 0.4) is 0 Å². The Balaban J connectivity index is 1.42. The van der Waals surface area contributed by atoms with Crippen LogP contribution in [0.5, 0.6) is 5.75 Å². The fourth-order valence-corrected chi connectivity index (χ4v) is 3.91. The van der Waals surface area contributed by atoms with Crippen molar-refractivity contribution < 1.29 is 28.6 Å². The molecule has 0 saturated heterocycles. The predicted octanol–water partition coefficient (Wildman–Crippen LogP) is 5.59. The summed E-state index contributed by atoms with van der Waals surface area (Å²) in [6, 6.07) is 20.4. The second-order valence-electron chi connectivity index (χ2n) is 8.86. The molecule has 190 valence electrons. The van der Waals surface area contributed by atoms with E-state index in [1.165, 1.54) is 0 Å². The number of para-hydroxylation sites is 1. The number of carboxylic acid groups (broad SMARTS) is 1. The van der Waals surface area contributed by atoms with E-state index >= 15 is 0 Å². The van der Waals surface area contributed by atoms with Crippen LogP contribution in [0, 0.1) is 5.92 Å². The van der Waals surface area contributed by atoms with Crippen molar-refractivity contribution >= 4 is 34.4 Å². The summed E-state index contributed by atoms with van der Waals surface area (Å²) in [6.07, 6.45) is 0. The Morgan fingerprint density at radius 2 is 1.57 bits per heavy atom. The first kappa shape index (κ1) is 25.5. The average molecular weight is 501 g/mol. The second kappa shape index (κ2) is 11.0. The number of carboxylic acids is 1. The summed E-state index contributed by atoms with van der Waals surface area (Å²) in [7, 11) is 0. The van der Waals surface area contributed by atoms with Crippen molar-refractivity contribution in [2.24, 2.45) is 5.92 Å². The van der Waals surface area contributed by atoms with Crippen molar-refractivity contribution in [1.82, 2.24) is 5.32 Å². The molecule has 0 aliphatic rings. The first-order chi connectivity index (χ1) is 17.8. The molecule has 0 bridgehead atoms. The lowest BCUT2D eigenvalue weighted by Gasteiger charge is -2.18. The minimum absolute atomic E-state index is 0.183. The Kier molecular flexibility index (Phi) is 7.57. The largest absolute Gasteiger partial charge is 0.490 e. The lowest BCUT2D eigenvalue weighted by atomic mass is 10.0. The van der Waals surface area contributed by atoms with Crippen LogP contribution in [-0.2, 0) is 4.79 Å². The highest BCUT2D eigenvalue weighted by atomic mass is 16.5. The van der Waals surface area contributed by atoms with Crippen LogP contribution < -0.4 is 15.4 Å². The van der Waals surface area contributed by atoms with Crippen LogP contribution in [0.15, 0.2) is 77.2 Å². The van der Waals surface area contributed by atoms with Gasteiger partial charge in [-0.05, 0) is 60.4 Å². The summed E-state index contributed by atoms with van der Waals surface area (Å²) < 4.78 is 11.3. The summed E-state index contributed by atoms with van der Waals surface area (Å²) in [5.41, 5.74) is 3.26. The van der Waals surface area contributed by atoms with Gasteiger partial charge in [0.2, 0.25) is 0 Å². The highest BCUT2D eigenvalue weighted by molar-refractivity contribution is 6.05. The maximum Gasteiger partial charge on any atom is 0.326 e. The normalized spacial score (nSPS) is 11.8. The Morgan fingerprint density at radius 3 is 2.16 bits per heavy atom. The predicted molar refractivity (Wildman–Crippen MR) is 141 cm³/mol. The Morgan fingerprint density at radius 1 is 0.919 bits per heavy atom. The lowest BCUT2D eigenvalue weighted by Crippen LogP contribution is -2.44. The molecule has 4 rings (SSSR count). The zero-order valence-corrected chi connectivity index (χ0v) is 20.8. The van der Waals surface area contributed by atoms with Crippen molar-refractivity contribution in [2.45, 2.75) is 26.8 Å². The molecule has 1 atom stereocenters. The Bertz CT molecular complexity index is 1420. The molecule has 4 aromatic rings. The molecule has 8 nitrogen and oxygen atoms in total. The van der Waals surface area contributed by atoms with Gasteiger partial charge >= 0.3 is 5.97 Å². The van der Waals surface area contributed by atoms with Gasteiger partial charge in [-0.2, -0.15) is 0 Å². The van der Waals surface area contributed by atoms with Crippen molar-refractivity contribution in [1.29, 1.82) is 0 Å². The van der Waals surface area contributed by atoms with E-state index in [4.69, 9.17) is 9.15 Å². The summed E-state index contributed by atoms with van der Waals surface area (Å²) in [6.45, 7) is 5.86. The third-order valence-electron chi connectivity index (χ3n) is 5.87. The molecule has 0 spiro atoms. The number of ether oxygens (including phenoxy) is 1. The van der Waals surface area contributed by atoms with Crippen LogP contribution in [-0.4, -0.2) is 35.5 Å². The van der Waals surface area contributed by atoms with E-state index in [1.807, 2.05) is 31.2 Å². The van der Waals surface area contributed by atoms with Gasteiger partial charge in [-0.25, -0.2) is 4.79 Å². The molecule has 0 radical (unpaired) electrons. The smallest absolute Gasteiger partial charge is 0.326 e. The van der Waals surface area contributed by atoms with E-state index in [2.05, 4.69) is 10.6 Å². The van der Waals surface area contributed by atoms with E-state index in [-0.39, 0.29) is 17.6 Å². The van der Waals surface area contributed by atoms with Gasteiger partial charge in [0.25, 0.3) is 11.8 Å². The number of benzene rings is 3. The van der Waals surface area contributed by atoms with Crippen LogP contribution in [0.1, 0.15) is 41.7 Å². The minimum atomic E-state index is -1.07. The zero-order chi connectivity index (χ0) is 26.5. The Labute approximate surface area is 214 Å². The topological polar surface area (TPSA) is 118 Å². The third kappa shape index (κ3) is 5.81. The van der Waals surface area contributed by atoms with Crippen molar-refractivity contribution in [3.8, 4) is 16.9 Å². The number of aliphatic carboxylic acids is 1. The molecule has 0 aliphatic heterocycles. The number of hydrogen-bond donors (Lipinski definition) is 3. The molecule has 37 heavy (non-hydrogen) atoms. The number of furan rings is 1. The molecular weight excluding hydrogens is 472 g/mol. The van der Waals surface area contributed by atoms with Crippen LogP contribution in [0.2, 0.25) is 0 Å². The van der Waals surface area contributed by atoms with Gasteiger partial charge in [-0.1, -0.05) is 50.2 Å². The van der Waals surface area contributed by atoms with E-state index in [9.17, 15) is 19.5 Å². The fourth-order valence-electron chi connectivity index (χ4n) is 3.91. The number of carbonyl (C=O) groups excluding carboxylic acids is 2. The minimum Gasteiger partial charge on any atom is -0.490 e. The highest BCUT2D eigenvalue weighted by Gasteiger charge is 2.24. The summed E-state index contributed by atoms with van der Waals surface area (Å²) in [5, 5.41) is 15.5. The van der Waals surface area contributed by atoms with Gasteiger partial charge in [-0.3, -0.25) is 9.59 Å². The molecular formula is C29H28N2O6. The lowest BCUT2D eigenvalue weighted by molar-refractivity contribution is -0.140. The molecule has 3 aromatic carbocycles. The van der Waals surface area contributed by atoms with Crippen molar-refractivity contribution in [3.63, 3.8) is 0 Å². The van der Waals surface area contributed by atoms with Gasteiger partial charge < -0.3 is 24.9 Å². The molecule has 1 aromatic heterocycles. The van der Waals surface area contributed by atoms with Gasteiger partial charge in [0.15, 0.2) is 17.1 Å². The maximum absolute atomic E-state index is 12.7. The second-order valence-corrected chi connectivity index (χ2v) is 8.86. The van der Waals surface area contributed by atoms with E-state index < -0.39 is 17.9 Å². The molecule has 0 saturated carbocycles. The number of rotatable bonds is 9. The number of hydrogen-bond acceptors (Lipinski definition) is 5. The standard InChI is InChI=1S/C29H28N2O6/c1-4-36-23-7-5-6-21-16-24(37-26(21)23)28(33)30-22-14-12-19(13-15-22)18-8-10-20(11-9-18)27(32)31-25(17(2)3)29(34)35/h5-17,25H,4H2,1-3H3,(H,30,33)(H,31,32)(H,34,35)/t25-/m0/s1. The maximum atomic E-state index is 12.7.